The Hall–Kier alpha value is -1.51. The van der Waals surface area contributed by atoms with Crippen LogP contribution in [0.2, 0.25) is 0 Å². The molecule has 0 aliphatic heterocycles. The van der Waals surface area contributed by atoms with Crippen molar-refractivity contribution in [3.8, 4) is 0 Å². The first-order valence-corrected chi connectivity index (χ1v) is 5.65. The molecule has 0 aliphatic carbocycles. The lowest BCUT2D eigenvalue weighted by Crippen LogP contribution is -2.30. The third kappa shape index (κ3) is 3.26. The van der Waals surface area contributed by atoms with Gasteiger partial charge in [-0.1, -0.05) is 24.3 Å². The highest BCUT2D eigenvalue weighted by atomic mass is 16.6. The van der Waals surface area contributed by atoms with E-state index in [0.717, 1.165) is 11.1 Å². The fourth-order valence-corrected chi connectivity index (χ4v) is 1.48. The summed E-state index contributed by atoms with van der Waals surface area (Å²) in [5, 5.41) is 0. The molecule has 0 saturated heterocycles. The number of carbonyl (C=O) groups excluding carboxylic acids is 1. The first-order valence-electron chi connectivity index (χ1n) is 5.65. The number of carbonyl (C=O) groups is 1. The first-order chi connectivity index (χ1) is 7.69. The lowest BCUT2D eigenvalue weighted by Gasteiger charge is -2.18. The molecule has 1 amide bonds. The summed E-state index contributed by atoms with van der Waals surface area (Å²) in [5.74, 6) is 0. The summed E-state index contributed by atoms with van der Waals surface area (Å²) in [6.07, 6.45) is -0.242. The monoisotopic (exact) mass is 221 g/mol. The number of hydrogen-bond acceptors (Lipinski definition) is 2. The smallest absolute Gasteiger partial charge is 0.410 e. The Labute approximate surface area is 97.0 Å². The first kappa shape index (κ1) is 12.6. The van der Waals surface area contributed by atoms with Crippen LogP contribution >= 0.6 is 0 Å². The van der Waals surface area contributed by atoms with Crippen LogP contribution in [0.5, 0.6) is 0 Å². The number of hydrogen-bond donors (Lipinski definition) is 0. The van der Waals surface area contributed by atoms with Gasteiger partial charge in [0.1, 0.15) is 6.61 Å². The molecule has 0 heterocycles. The van der Waals surface area contributed by atoms with Crippen LogP contribution < -0.4 is 0 Å². The standard InChI is InChI=1S/C13H19NO2/c1-4-14(5-2)13(15)16-10-12-9-7-6-8-11(12)3/h6-9H,4-5,10H2,1-3H3. The van der Waals surface area contributed by atoms with E-state index in [1.807, 2.05) is 45.0 Å². The highest BCUT2D eigenvalue weighted by Gasteiger charge is 2.10. The van der Waals surface area contributed by atoms with Crippen LogP contribution in [0.1, 0.15) is 25.0 Å². The molecule has 0 unspecified atom stereocenters. The van der Waals surface area contributed by atoms with Crippen molar-refractivity contribution >= 4 is 6.09 Å². The van der Waals surface area contributed by atoms with Gasteiger partial charge in [0.2, 0.25) is 0 Å². The van der Waals surface area contributed by atoms with E-state index in [2.05, 4.69) is 0 Å². The molecular formula is C13H19NO2. The Morgan fingerprint density at radius 1 is 1.25 bits per heavy atom. The van der Waals surface area contributed by atoms with Crippen molar-refractivity contribution in [3.63, 3.8) is 0 Å². The van der Waals surface area contributed by atoms with E-state index in [4.69, 9.17) is 4.74 Å². The minimum Gasteiger partial charge on any atom is -0.445 e. The van der Waals surface area contributed by atoms with E-state index in [1.54, 1.807) is 4.90 Å². The summed E-state index contributed by atoms with van der Waals surface area (Å²) < 4.78 is 5.24. The highest BCUT2D eigenvalue weighted by molar-refractivity contribution is 5.67. The van der Waals surface area contributed by atoms with Crippen LogP contribution in [0.4, 0.5) is 4.79 Å². The molecule has 0 radical (unpaired) electrons. The van der Waals surface area contributed by atoms with Crippen LogP contribution in [0.3, 0.4) is 0 Å². The van der Waals surface area contributed by atoms with Crippen LogP contribution in [0.15, 0.2) is 24.3 Å². The second kappa shape index (κ2) is 6.16. The Morgan fingerprint density at radius 2 is 1.88 bits per heavy atom. The molecule has 1 aromatic carbocycles. The fraction of sp³-hybridized carbons (Fsp3) is 0.462. The molecule has 16 heavy (non-hydrogen) atoms. The topological polar surface area (TPSA) is 29.5 Å². The van der Waals surface area contributed by atoms with Gasteiger partial charge in [0, 0.05) is 13.1 Å². The maximum atomic E-state index is 11.6. The highest BCUT2D eigenvalue weighted by Crippen LogP contribution is 2.09. The van der Waals surface area contributed by atoms with Gasteiger partial charge in [0.25, 0.3) is 0 Å². The lowest BCUT2D eigenvalue weighted by molar-refractivity contribution is 0.0997. The van der Waals surface area contributed by atoms with E-state index < -0.39 is 0 Å². The van der Waals surface area contributed by atoms with E-state index in [-0.39, 0.29) is 6.09 Å². The Morgan fingerprint density at radius 3 is 2.44 bits per heavy atom. The van der Waals surface area contributed by atoms with Gasteiger partial charge in [0.15, 0.2) is 0 Å². The van der Waals surface area contributed by atoms with E-state index in [1.165, 1.54) is 0 Å². The van der Waals surface area contributed by atoms with Gasteiger partial charge < -0.3 is 9.64 Å². The van der Waals surface area contributed by atoms with Gasteiger partial charge >= 0.3 is 6.09 Å². The van der Waals surface area contributed by atoms with Crippen LogP contribution in [0, 0.1) is 6.92 Å². The maximum Gasteiger partial charge on any atom is 0.410 e. The molecule has 0 bridgehead atoms. The fourth-order valence-electron chi connectivity index (χ4n) is 1.48. The van der Waals surface area contributed by atoms with Crippen molar-refractivity contribution < 1.29 is 9.53 Å². The van der Waals surface area contributed by atoms with Crippen molar-refractivity contribution in [2.24, 2.45) is 0 Å². The minimum atomic E-state index is -0.242. The van der Waals surface area contributed by atoms with E-state index in [0.29, 0.717) is 19.7 Å². The van der Waals surface area contributed by atoms with Gasteiger partial charge in [-0.2, -0.15) is 0 Å². The molecule has 3 heteroatoms. The summed E-state index contributed by atoms with van der Waals surface area (Å²) in [5.41, 5.74) is 2.21. The zero-order chi connectivity index (χ0) is 12.0. The third-order valence-electron chi connectivity index (χ3n) is 2.63. The zero-order valence-electron chi connectivity index (χ0n) is 10.2. The molecule has 0 spiro atoms. The molecule has 0 saturated carbocycles. The third-order valence-corrected chi connectivity index (χ3v) is 2.63. The van der Waals surface area contributed by atoms with Gasteiger partial charge in [0.05, 0.1) is 0 Å². The van der Waals surface area contributed by atoms with Crippen LogP contribution in [-0.4, -0.2) is 24.1 Å². The quantitative estimate of drug-likeness (QED) is 0.782. The molecule has 3 nitrogen and oxygen atoms in total. The molecule has 0 atom stereocenters. The summed E-state index contributed by atoms with van der Waals surface area (Å²) in [7, 11) is 0. The summed E-state index contributed by atoms with van der Waals surface area (Å²) >= 11 is 0. The van der Waals surface area contributed by atoms with Gasteiger partial charge in [-0.15, -0.1) is 0 Å². The second-order valence-corrected chi connectivity index (χ2v) is 3.65. The van der Waals surface area contributed by atoms with Crippen molar-refractivity contribution in [2.75, 3.05) is 13.1 Å². The van der Waals surface area contributed by atoms with Crippen molar-refractivity contribution in [2.45, 2.75) is 27.4 Å². The number of amides is 1. The molecule has 88 valence electrons. The number of nitrogens with zero attached hydrogens (tertiary/aromatic N) is 1. The number of ether oxygens (including phenoxy) is 1. The molecule has 0 aromatic heterocycles. The molecule has 0 fully saturated rings. The van der Waals surface area contributed by atoms with Crippen molar-refractivity contribution in [3.05, 3.63) is 35.4 Å². The summed E-state index contributed by atoms with van der Waals surface area (Å²) in [6.45, 7) is 7.62. The SMILES string of the molecule is CCN(CC)C(=O)OCc1ccccc1C. The maximum absolute atomic E-state index is 11.6. The number of benzene rings is 1. The summed E-state index contributed by atoms with van der Waals surface area (Å²) in [4.78, 5) is 13.3. The van der Waals surface area contributed by atoms with E-state index in [9.17, 15) is 4.79 Å². The molecule has 1 rings (SSSR count). The van der Waals surface area contributed by atoms with Gasteiger partial charge in [-0.05, 0) is 31.9 Å². The lowest BCUT2D eigenvalue weighted by atomic mass is 10.1. The predicted octanol–water partition coefficient (Wildman–Crippen LogP) is 2.97. The van der Waals surface area contributed by atoms with Crippen LogP contribution in [-0.2, 0) is 11.3 Å². The Balaban J connectivity index is 2.52. The van der Waals surface area contributed by atoms with Crippen LogP contribution in [0.25, 0.3) is 0 Å². The molecule has 1 aromatic rings. The Bertz CT molecular complexity index is 346. The molecular weight excluding hydrogens is 202 g/mol. The minimum absolute atomic E-state index is 0.242. The van der Waals surface area contributed by atoms with Crippen molar-refractivity contribution in [1.82, 2.24) is 4.90 Å². The second-order valence-electron chi connectivity index (χ2n) is 3.65. The summed E-state index contributed by atoms with van der Waals surface area (Å²) in [6, 6.07) is 7.92. The van der Waals surface area contributed by atoms with E-state index >= 15 is 0 Å². The molecule has 0 aliphatic rings. The average molecular weight is 221 g/mol. The largest absolute Gasteiger partial charge is 0.445 e. The Kier molecular flexibility index (Phi) is 4.83. The van der Waals surface area contributed by atoms with Gasteiger partial charge in [-0.3, -0.25) is 0 Å². The van der Waals surface area contributed by atoms with Crippen molar-refractivity contribution in [1.29, 1.82) is 0 Å². The molecule has 0 N–H and O–H groups in total. The number of rotatable bonds is 4. The average Bonchev–Trinajstić information content (AvgIpc) is 2.29. The normalized spacial score (nSPS) is 9.94. The zero-order valence-corrected chi connectivity index (χ0v) is 10.2. The van der Waals surface area contributed by atoms with Gasteiger partial charge in [-0.25, -0.2) is 4.79 Å². The predicted molar refractivity (Wildman–Crippen MR) is 64.3 cm³/mol. The number of aryl methyl sites for hydroxylation is 1.